The van der Waals surface area contributed by atoms with E-state index in [9.17, 15) is 0 Å². The first-order valence-electron chi connectivity index (χ1n) is 8.39. The van der Waals surface area contributed by atoms with E-state index in [0.29, 0.717) is 18.4 Å². The minimum atomic E-state index is 0.121. The van der Waals surface area contributed by atoms with Gasteiger partial charge >= 0.3 is 0 Å². The van der Waals surface area contributed by atoms with Crippen LogP contribution in [0.25, 0.3) is 0 Å². The van der Waals surface area contributed by atoms with Crippen molar-refractivity contribution in [3.63, 3.8) is 0 Å². The second-order valence-corrected chi connectivity index (χ2v) is 7.30. The molecule has 0 aromatic carbocycles. The van der Waals surface area contributed by atoms with Gasteiger partial charge in [-0.1, -0.05) is 13.8 Å². The van der Waals surface area contributed by atoms with Gasteiger partial charge in [0.2, 0.25) is 5.88 Å². The maximum Gasteiger partial charge on any atom is 0.216 e. The molecular formula is C17H29N3O2S. The fourth-order valence-electron chi connectivity index (χ4n) is 2.59. The largest absolute Gasteiger partial charge is 0.475 e. The topological polar surface area (TPSA) is 47.5 Å². The summed E-state index contributed by atoms with van der Waals surface area (Å²) in [4.78, 5) is 11.4. The maximum absolute atomic E-state index is 5.88. The molecule has 23 heavy (non-hydrogen) atoms. The van der Waals surface area contributed by atoms with Gasteiger partial charge in [0.25, 0.3) is 0 Å². The quantitative estimate of drug-likeness (QED) is 0.679. The zero-order valence-corrected chi connectivity index (χ0v) is 15.6. The standard InChI is InChI=1S/C17H29N3O2S/c1-13(2)17-18-14(3)10-16(19-17)22-12-15-11-20(7-8-21-15)6-5-9-23-4/h10,13,15H,5-9,11-12H2,1-4H3. The van der Waals surface area contributed by atoms with Crippen molar-refractivity contribution in [1.82, 2.24) is 14.9 Å². The Morgan fingerprint density at radius 1 is 1.43 bits per heavy atom. The van der Waals surface area contributed by atoms with E-state index in [1.54, 1.807) is 0 Å². The molecule has 0 aliphatic carbocycles. The van der Waals surface area contributed by atoms with Crippen molar-refractivity contribution in [3.05, 3.63) is 17.6 Å². The predicted molar refractivity (Wildman–Crippen MR) is 95.5 cm³/mol. The van der Waals surface area contributed by atoms with Gasteiger partial charge in [-0.05, 0) is 31.9 Å². The van der Waals surface area contributed by atoms with E-state index in [1.165, 1.54) is 12.2 Å². The van der Waals surface area contributed by atoms with Gasteiger partial charge in [-0.3, -0.25) is 4.90 Å². The number of thioether (sulfide) groups is 1. The van der Waals surface area contributed by atoms with E-state index in [1.807, 2.05) is 24.8 Å². The molecule has 0 saturated carbocycles. The van der Waals surface area contributed by atoms with Crippen LogP contribution in [0.5, 0.6) is 5.88 Å². The van der Waals surface area contributed by atoms with E-state index >= 15 is 0 Å². The number of hydrogen-bond donors (Lipinski definition) is 0. The molecule has 1 aliphatic rings. The highest BCUT2D eigenvalue weighted by molar-refractivity contribution is 7.98. The summed E-state index contributed by atoms with van der Waals surface area (Å²) in [7, 11) is 0. The molecule has 5 nitrogen and oxygen atoms in total. The van der Waals surface area contributed by atoms with E-state index < -0.39 is 0 Å². The highest BCUT2D eigenvalue weighted by Gasteiger charge is 2.21. The van der Waals surface area contributed by atoms with Crippen molar-refractivity contribution in [3.8, 4) is 5.88 Å². The van der Waals surface area contributed by atoms with E-state index in [4.69, 9.17) is 9.47 Å². The van der Waals surface area contributed by atoms with Crippen LogP contribution in [0.1, 0.15) is 37.7 Å². The van der Waals surface area contributed by atoms with Crippen LogP contribution in [-0.4, -0.2) is 65.8 Å². The summed E-state index contributed by atoms with van der Waals surface area (Å²) >= 11 is 1.91. The lowest BCUT2D eigenvalue weighted by Crippen LogP contribution is -2.45. The van der Waals surface area contributed by atoms with Crippen molar-refractivity contribution in [2.75, 3.05) is 44.9 Å². The van der Waals surface area contributed by atoms with Crippen molar-refractivity contribution >= 4 is 11.8 Å². The third-order valence-electron chi connectivity index (χ3n) is 3.83. The molecule has 2 heterocycles. The summed E-state index contributed by atoms with van der Waals surface area (Å²) in [6.07, 6.45) is 3.51. The third kappa shape index (κ3) is 6.28. The number of ether oxygens (including phenoxy) is 2. The molecule has 6 heteroatoms. The van der Waals surface area contributed by atoms with Gasteiger partial charge < -0.3 is 9.47 Å². The van der Waals surface area contributed by atoms with Gasteiger partial charge in [0, 0.05) is 30.8 Å². The summed E-state index contributed by atoms with van der Waals surface area (Å²) in [5.74, 6) is 3.01. The fraction of sp³-hybridized carbons (Fsp3) is 0.765. The number of rotatable bonds is 8. The average molecular weight is 340 g/mol. The Balaban J connectivity index is 1.83. The molecule has 2 rings (SSSR count). The normalized spacial score (nSPS) is 19.3. The Hall–Kier alpha value is -0.850. The van der Waals surface area contributed by atoms with E-state index in [2.05, 4.69) is 35.0 Å². The first-order valence-corrected chi connectivity index (χ1v) is 9.79. The van der Waals surface area contributed by atoms with Crippen molar-refractivity contribution in [2.45, 2.75) is 39.2 Å². The lowest BCUT2D eigenvalue weighted by molar-refractivity contribution is -0.0483. The molecule has 0 amide bonds. The molecule has 1 unspecified atom stereocenters. The van der Waals surface area contributed by atoms with Crippen LogP contribution in [0, 0.1) is 6.92 Å². The van der Waals surface area contributed by atoms with Crippen LogP contribution in [0.3, 0.4) is 0 Å². The molecule has 1 fully saturated rings. The zero-order valence-electron chi connectivity index (χ0n) is 14.7. The predicted octanol–water partition coefficient (Wildman–Crippen LogP) is 2.74. The van der Waals surface area contributed by atoms with Gasteiger partial charge in [0.15, 0.2) is 0 Å². The second-order valence-electron chi connectivity index (χ2n) is 6.31. The lowest BCUT2D eigenvalue weighted by atomic mass is 10.2. The molecule has 1 aromatic rings. The molecule has 1 saturated heterocycles. The van der Waals surface area contributed by atoms with Crippen molar-refractivity contribution in [1.29, 1.82) is 0 Å². The van der Waals surface area contributed by atoms with Crippen LogP contribution in [0.2, 0.25) is 0 Å². The molecule has 0 N–H and O–H groups in total. The lowest BCUT2D eigenvalue weighted by Gasteiger charge is -2.32. The monoisotopic (exact) mass is 339 g/mol. The SMILES string of the molecule is CSCCCN1CCOC(COc2cc(C)nc(C(C)C)n2)C1. The number of hydrogen-bond acceptors (Lipinski definition) is 6. The maximum atomic E-state index is 5.88. The van der Waals surface area contributed by atoms with Gasteiger partial charge in [-0.2, -0.15) is 16.7 Å². The van der Waals surface area contributed by atoms with Crippen molar-refractivity contribution in [2.24, 2.45) is 0 Å². The average Bonchev–Trinajstić information content (AvgIpc) is 2.53. The summed E-state index contributed by atoms with van der Waals surface area (Å²) in [5.41, 5.74) is 0.946. The Morgan fingerprint density at radius 2 is 2.26 bits per heavy atom. The number of morpholine rings is 1. The summed E-state index contributed by atoms with van der Waals surface area (Å²) < 4.78 is 11.7. The molecule has 1 atom stereocenters. The fourth-order valence-corrected chi connectivity index (χ4v) is 3.01. The Bertz CT molecular complexity index is 485. The smallest absolute Gasteiger partial charge is 0.216 e. The number of aryl methyl sites for hydroxylation is 1. The molecule has 0 spiro atoms. The van der Waals surface area contributed by atoms with Crippen LogP contribution in [0.4, 0.5) is 0 Å². The summed E-state index contributed by atoms with van der Waals surface area (Å²) in [6.45, 7) is 10.6. The highest BCUT2D eigenvalue weighted by Crippen LogP contribution is 2.16. The molecule has 1 aromatic heterocycles. The molecular weight excluding hydrogens is 310 g/mol. The van der Waals surface area contributed by atoms with Gasteiger partial charge in [0.05, 0.1) is 6.61 Å². The van der Waals surface area contributed by atoms with Crippen LogP contribution in [-0.2, 0) is 4.74 Å². The Morgan fingerprint density at radius 3 is 3.00 bits per heavy atom. The molecule has 1 aliphatic heterocycles. The Kier molecular flexibility index (Phi) is 7.59. The number of aromatic nitrogens is 2. The summed E-state index contributed by atoms with van der Waals surface area (Å²) in [5, 5.41) is 0. The van der Waals surface area contributed by atoms with Gasteiger partial charge in [0.1, 0.15) is 18.5 Å². The zero-order chi connectivity index (χ0) is 16.7. The van der Waals surface area contributed by atoms with Gasteiger partial charge in [-0.25, -0.2) is 4.98 Å². The van der Waals surface area contributed by atoms with Crippen molar-refractivity contribution < 1.29 is 9.47 Å². The van der Waals surface area contributed by atoms with Gasteiger partial charge in [-0.15, -0.1) is 0 Å². The summed E-state index contributed by atoms with van der Waals surface area (Å²) in [6, 6.07) is 1.89. The van der Waals surface area contributed by atoms with E-state index in [-0.39, 0.29) is 6.10 Å². The minimum Gasteiger partial charge on any atom is -0.475 e. The molecule has 130 valence electrons. The van der Waals surface area contributed by atoms with Crippen LogP contribution >= 0.6 is 11.8 Å². The third-order valence-corrected chi connectivity index (χ3v) is 4.52. The highest BCUT2D eigenvalue weighted by atomic mass is 32.2. The van der Waals surface area contributed by atoms with Crippen LogP contribution in [0.15, 0.2) is 6.07 Å². The second kappa shape index (κ2) is 9.45. The first kappa shape index (κ1) is 18.5. The number of nitrogens with zero attached hydrogens (tertiary/aromatic N) is 3. The van der Waals surface area contributed by atoms with Crippen LogP contribution < -0.4 is 4.74 Å². The van der Waals surface area contributed by atoms with E-state index in [0.717, 1.165) is 37.8 Å². The molecule has 0 bridgehead atoms. The Labute approximate surface area is 144 Å². The first-order chi connectivity index (χ1) is 11.1. The minimum absolute atomic E-state index is 0.121. The molecule has 0 radical (unpaired) electrons.